The molecular formula is C19H31BO2. The Hall–Kier alpha value is -0.795. The predicted molar refractivity (Wildman–Crippen MR) is 94.8 cm³/mol. The average Bonchev–Trinajstić information content (AvgIpc) is 2.43. The Labute approximate surface area is 136 Å². The van der Waals surface area contributed by atoms with Crippen molar-refractivity contribution in [3.8, 4) is 0 Å². The van der Waals surface area contributed by atoms with Gasteiger partial charge in [-0.25, -0.2) is 0 Å². The second-order valence-corrected chi connectivity index (χ2v) is 8.97. The summed E-state index contributed by atoms with van der Waals surface area (Å²) in [6.45, 7) is 19.6. The maximum absolute atomic E-state index is 6.23. The Balaban J connectivity index is 2.34. The molecule has 1 heterocycles. The first-order chi connectivity index (χ1) is 9.82. The van der Waals surface area contributed by atoms with Gasteiger partial charge in [0.2, 0.25) is 0 Å². The van der Waals surface area contributed by atoms with Crippen molar-refractivity contribution in [1.29, 1.82) is 0 Å². The van der Waals surface area contributed by atoms with E-state index in [0.717, 1.165) is 6.42 Å². The summed E-state index contributed by atoms with van der Waals surface area (Å²) >= 11 is 0. The third-order valence-corrected chi connectivity index (χ3v) is 4.88. The van der Waals surface area contributed by atoms with Crippen molar-refractivity contribution < 1.29 is 9.31 Å². The smallest absolute Gasteiger partial charge is 0.399 e. The van der Waals surface area contributed by atoms with Crippen LogP contribution in [0.25, 0.3) is 0 Å². The fourth-order valence-corrected chi connectivity index (χ4v) is 3.11. The van der Waals surface area contributed by atoms with Crippen molar-refractivity contribution in [3.05, 3.63) is 28.8 Å². The van der Waals surface area contributed by atoms with E-state index in [1.54, 1.807) is 0 Å². The highest BCUT2D eigenvalue weighted by Gasteiger charge is 2.52. The van der Waals surface area contributed by atoms with Crippen LogP contribution in [0.4, 0.5) is 0 Å². The van der Waals surface area contributed by atoms with Crippen LogP contribution in [0, 0.1) is 19.3 Å². The van der Waals surface area contributed by atoms with Crippen molar-refractivity contribution in [2.75, 3.05) is 0 Å². The third kappa shape index (κ3) is 3.41. The molecule has 122 valence electrons. The molecule has 0 atom stereocenters. The van der Waals surface area contributed by atoms with Gasteiger partial charge < -0.3 is 9.31 Å². The molecule has 0 amide bonds. The molecule has 2 rings (SSSR count). The van der Waals surface area contributed by atoms with Crippen molar-refractivity contribution in [2.24, 2.45) is 5.41 Å². The molecule has 0 unspecified atom stereocenters. The summed E-state index contributed by atoms with van der Waals surface area (Å²) in [6, 6.07) is 4.58. The van der Waals surface area contributed by atoms with Crippen LogP contribution >= 0.6 is 0 Å². The lowest BCUT2D eigenvalue weighted by Gasteiger charge is -2.32. The van der Waals surface area contributed by atoms with Gasteiger partial charge in [0.25, 0.3) is 0 Å². The van der Waals surface area contributed by atoms with Crippen LogP contribution in [0.3, 0.4) is 0 Å². The van der Waals surface area contributed by atoms with Crippen molar-refractivity contribution in [2.45, 2.75) is 79.9 Å². The van der Waals surface area contributed by atoms with Crippen LogP contribution in [0.1, 0.15) is 65.2 Å². The van der Waals surface area contributed by atoms with Gasteiger partial charge in [-0.2, -0.15) is 0 Å². The first kappa shape index (κ1) is 17.6. The van der Waals surface area contributed by atoms with E-state index in [1.165, 1.54) is 22.2 Å². The first-order valence-electron chi connectivity index (χ1n) is 8.28. The van der Waals surface area contributed by atoms with Crippen LogP contribution in [0.15, 0.2) is 12.1 Å². The van der Waals surface area contributed by atoms with Crippen molar-refractivity contribution >= 4 is 12.6 Å². The summed E-state index contributed by atoms with van der Waals surface area (Å²) in [5.41, 5.74) is 4.82. The van der Waals surface area contributed by atoms with E-state index in [4.69, 9.17) is 9.31 Å². The molecule has 1 saturated heterocycles. The van der Waals surface area contributed by atoms with Crippen molar-refractivity contribution in [3.63, 3.8) is 0 Å². The molecule has 22 heavy (non-hydrogen) atoms. The highest BCUT2D eigenvalue weighted by atomic mass is 16.7. The minimum absolute atomic E-state index is 0.270. The molecule has 0 saturated carbocycles. The third-order valence-electron chi connectivity index (χ3n) is 4.88. The van der Waals surface area contributed by atoms with E-state index in [-0.39, 0.29) is 18.3 Å². The Kier molecular flexibility index (Phi) is 4.30. The van der Waals surface area contributed by atoms with Gasteiger partial charge in [-0.3, -0.25) is 0 Å². The predicted octanol–water partition coefficient (Wildman–Crippen LogP) is 4.19. The summed E-state index contributed by atoms with van der Waals surface area (Å²) in [6.07, 6.45) is 1.08. The van der Waals surface area contributed by atoms with E-state index < -0.39 is 0 Å². The molecule has 1 aromatic rings. The van der Waals surface area contributed by atoms with Crippen LogP contribution in [-0.2, 0) is 15.7 Å². The standard InChI is InChI=1S/C19H31BO2/c1-13-10-15(12-17(3,4)5)11-14(2)16(13)20-21-18(6,7)19(8,9)22-20/h10-11H,12H2,1-9H3. The van der Waals surface area contributed by atoms with Gasteiger partial charge in [0.05, 0.1) is 11.2 Å². The maximum Gasteiger partial charge on any atom is 0.495 e. The molecule has 1 aromatic carbocycles. The molecule has 1 aliphatic heterocycles. The fourth-order valence-electron chi connectivity index (χ4n) is 3.11. The molecule has 1 fully saturated rings. The number of hydrogen-bond acceptors (Lipinski definition) is 2. The first-order valence-corrected chi connectivity index (χ1v) is 8.28. The van der Waals surface area contributed by atoms with Gasteiger partial charge >= 0.3 is 7.12 Å². The zero-order valence-electron chi connectivity index (χ0n) is 15.8. The van der Waals surface area contributed by atoms with E-state index in [9.17, 15) is 0 Å². The summed E-state index contributed by atoms with van der Waals surface area (Å²) in [4.78, 5) is 0. The molecule has 0 aromatic heterocycles. The van der Waals surface area contributed by atoms with Crippen LogP contribution in [0.2, 0.25) is 0 Å². The molecule has 3 heteroatoms. The van der Waals surface area contributed by atoms with E-state index in [0.29, 0.717) is 5.41 Å². The molecule has 0 spiro atoms. The lowest BCUT2D eigenvalue weighted by Crippen LogP contribution is -2.41. The van der Waals surface area contributed by atoms with Crippen molar-refractivity contribution in [1.82, 2.24) is 0 Å². The van der Waals surface area contributed by atoms with Gasteiger partial charge in [-0.05, 0) is 64.4 Å². The lowest BCUT2D eigenvalue weighted by molar-refractivity contribution is 0.00578. The van der Waals surface area contributed by atoms with E-state index in [2.05, 4.69) is 74.4 Å². The average molecular weight is 302 g/mol. The SMILES string of the molecule is Cc1cc(CC(C)(C)C)cc(C)c1B1OC(C)(C)C(C)(C)O1. The number of aryl methyl sites for hydroxylation is 2. The van der Waals surface area contributed by atoms with E-state index >= 15 is 0 Å². The molecule has 0 N–H and O–H groups in total. The normalized spacial score (nSPS) is 20.5. The van der Waals surface area contributed by atoms with Gasteiger partial charge in [0.1, 0.15) is 0 Å². The Morgan fingerprint density at radius 2 is 1.32 bits per heavy atom. The van der Waals surface area contributed by atoms with Crippen LogP contribution in [-0.4, -0.2) is 18.3 Å². The monoisotopic (exact) mass is 302 g/mol. The number of hydrogen-bond donors (Lipinski definition) is 0. The lowest BCUT2D eigenvalue weighted by atomic mass is 9.72. The Morgan fingerprint density at radius 1 is 0.909 bits per heavy atom. The summed E-state index contributed by atoms with van der Waals surface area (Å²) < 4.78 is 12.5. The van der Waals surface area contributed by atoms with Crippen LogP contribution in [0.5, 0.6) is 0 Å². The van der Waals surface area contributed by atoms with E-state index in [1.807, 2.05) is 0 Å². The maximum atomic E-state index is 6.23. The second kappa shape index (κ2) is 5.38. The number of rotatable bonds is 2. The zero-order chi connectivity index (χ0) is 16.9. The summed E-state index contributed by atoms with van der Waals surface area (Å²) in [7, 11) is -0.270. The molecule has 0 radical (unpaired) electrons. The zero-order valence-corrected chi connectivity index (χ0v) is 15.8. The number of benzene rings is 1. The van der Waals surface area contributed by atoms with Gasteiger partial charge in [0.15, 0.2) is 0 Å². The minimum Gasteiger partial charge on any atom is -0.399 e. The van der Waals surface area contributed by atoms with Gasteiger partial charge in [-0.15, -0.1) is 0 Å². The molecule has 0 aliphatic carbocycles. The molecule has 1 aliphatic rings. The Bertz CT molecular complexity index is 528. The molecular weight excluding hydrogens is 271 g/mol. The summed E-state index contributed by atoms with van der Waals surface area (Å²) in [5.74, 6) is 0. The largest absolute Gasteiger partial charge is 0.495 e. The van der Waals surface area contributed by atoms with Gasteiger partial charge in [0, 0.05) is 0 Å². The highest BCUT2D eigenvalue weighted by Crippen LogP contribution is 2.37. The Morgan fingerprint density at radius 3 is 1.68 bits per heavy atom. The van der Waals surface area contributed by atoms with Gasteiger partial charge in [-0.1, -0.05) is 44.0 Å². The molecule has 2 nitrogen and oxygen atoms in total. The molecule has 0 bridgehead atoms. The summed E-state index contributed by atoms with van der Waals surface area (Å²) in [5, 5.41) is 0. The quantitative estimate of drug-likeness (QED) is 0.763. The minimum atomic E-state index is -0.291. The highest BCUT2D eigenvalue weighted by molar-refractivity contribution is 6.63. The van der Waals surface area contributed by atoms with Crippen LogP contribution < -0.4 is 5.46 Å². The topological polar surface area (TPSA) is 18.5 Å². The second-order valence-electron chi connectivity index (χ2n) is 8.97. The fraction of sp³-hybridized carbons (Fsp3) is 0.684.